The standard InChI is InChI=1S/C6H11O.2C4H9.Al/c1-2-3-4-5-6-7;2*1-4(2)3;/h2H,1,3-6H2;2*4H,1H2,2-3H3;/q-1;;;+1. The number of allylic oxidation sites excluding steroid dienone is 1. The van der Waals surface area contributed by atoms with Crippen LogP contribution < -0.4 is 0 Å². The van der Waals surface area contributed by atoms with Crippen LogP contribution in [-0.4, -0.2) is 21.1 Å². The molecule has 0 bridgehead atoms. The van der Waals surface area contributed by atoms with Gasteiger partial charge in [0.2, 0.25) is 0 Å². The first-order valence-electron chi connectivity index (χ1n) is 6.78. The van der Waals surface area contributed by atoms with Gasteiger partial charge in [0.25, 0.3) is 0 Å². The summed E-state index contributed by atoms with van der Waals surface area (Å²) in [5.74, 6) is 1.59. The van der Waals surface area contributed by atoms with E-state index in [0.29, 0.717) is 0 Å². The lowest BCUT2D eigenvalue weighted by molar-refractivity contribution is 0.301. The molecule has 2 heteroatoms. The average molecular weight is 240 g/mol. The molecule has 0 fully saturated rings. The van der Waals surface area contributed by atoms with Crippen LogP contribution in [0.4, 0.5) is 0 Å². The molecule has 0 spiro atoms. The summed E-state index contributed by atoms with van der Waals surface area (Å²) in [6, 6.07) is 0. The van der Waals surface area contributed by atoms with Gasteiger partial charge in [-0.05, 0) is 19.3 Å². The van der Waals surface area contributed by atoms with Crippen molar-refractivity contribution in [1.82, 2.24) is 0 Å². The fourth-order valence-corrected chi connectivity index (χ4v) is 4.99. The van der Waals surface area contributed by atoms with Crippen molar-refractivity contribution in [3.05, 3.63) is 12.7 Å². The fourth-order valence-electron chi connectivity index (χ4n) is 1.92. The quantitative estimate of drug-likeness (QED) is 0.306. The van der Waals surface area contributed by atoms with Crippen LogP contribution in [-0.2, 0) is 3.79 Å². The van der Waals surface area contributed by atoms with Gasteiger partial charge in [-0.1, -0.05) is 56.2 Å². The van der Waals surface area contributed by atoms with Crippen LogP contribution in [0.1, 0.15) is 47.0 Å². The minimum absolute atomic E-state index is 0.795. The molecule has 0 aliphatic heterocycles. The van der Waals surface area contributed by atoms with Gasteiger partial charge < -0.3 is 3.79 Å². The van der Waals surface area contributed by atoms with Crippen LogP contribution in [0.3, 0.4) is 0 Å². The van der Waals surface area contributed by atoms with E-state index in [1.807, 2.05) is 6.08 Å². The zero-order valence-electron chi connectivity index (χ0n) is 11.7. The summed E-state index contributed by atoms with van der Waals surface area (Å²) in [6.07, 6.45) is 5.56. The normalized spacial score (nSPS) is 11.1. The van der Waals surface area contributed by atoms with E-state index in [2.05, 4.69) is 34.3 Å². The molecule has 0 amide bonds. The first-order valence-corrected chi connectivity index (χ1v) is 8.89. The first kappa shape index (κ1) is 16.2. The van der Waals surface area contributed by atoms with Gasteiger partial charge in [0, 0.05) is 6.61 Å². The van der Waals surface area contributed by atoms with Gasteiger partial charge >= 0.3 is 14.5 Å². The van der Waals surface area contributed by atoms with E-state index in [9.17, 15) is 0 Å². The van der Waals surface area contributed by atoms with Gasteiger partial charge in [0.15, 0.2) is 0 Å². The Morgan fingerprint density at radius 3 is 2.06 bits per heavy atom. The minimum Gasteiger partial charge on any atom is -0.501 e. The minimum atomic E-state index is -0.927. The van der Waals surface area contributed by atoms with Crippen molar-refractivity contribution in [2.45, 2.75) is 57.5 Å². The highest BCUT2D eigenvalue weighted by Crippen LogP contribution is 2.15. The van der Waals surface area contributed by atoms with E-state index in [0.717, 1.165) is 24.9 Å². The third kappa shape index (κ3) is 10.7. The number of hydrogen-bond acceptors (Lipinski definition) is 1. The summed E-state index contributed by atoms with van der Waals surface area (Å²) < 4.78 is 6.11. The summed E-state index contributed by atoms with van der Waals surface area (Å²) in [5.41, 5.74) is 0. The molecule has 0 aromatic carbocycles. The predicted octanol–water partition coefficient (Wildman–Crippen LogP) is 4.66. The Bertz CT molecular complexity index is 156. The van der Waals surface area contributed by atoms with Crippen molar-refractivity contribution in [1.29, 1.82) is 0 Å². The Labute approximate surface area is 107 Å². The highest BCUT2D eigenvalue weighted by atomic mass is 27.2. The SMILES string of the molecule is C=CCCCC[O][Al]([CH2]C(C)C)[CH2]C(C)C. The van der Waals surface area contributed by atoms with Gasteiger partial charge in [0.05, 0.1) is 0 Å². The van der Waals surface area contributed by atoms with Gasteiger partial charge in [-0.15, -0.1) is 6.58 Å². The summed E-state index contributed by atoms with van der Waals surface area (Å²) in [5, 5.41) is 2.67. The molecule has 16 heavy (non-hydrogen) atoms. The number of unbranched alkanes of at least 4 members (excludes halogenated alkanes) is 2. The lowest BCUT2D eigenvalue weighted by Crippen LogP contribution is -2.22. The van der Waals surface area contributed by atoms with E-state index in [-0.39, 0.29) is 0 Å². The van der Waals surface area contributed by atoms with Crippen molar-refractivity contribution < 1.29 is 3.79 Å². The maximum Gasteiger partial charge on any atom is 0.461 e. The average Bonchev–Trinajstić information content (AvgIpc) is 2.15. The third-order valence-corrected chi connectivity index (χ3v) is 6.27. The largest absolute Gasteiger partial charge is 0.501 e. The van der Waals surface area contributed by atoms with Gasteiger partial charge in [0.1, 0.15) is 0 Å². The third-order valence-electron chi connectivity index (χ3n) is 2.62. The highest BCUT2D eigenvalue weighted by Gasteiger charge is 2.22. The molecule has 0 aliphatic rings. The van der Waals surface area contributed by atoms with E-state index < -0.39 is 14.5 Å². The van der Waals surface area contributed by atoms with E-state index >= 15 is 0 Å². The van der Waals surface area contributed by atoms with Crippen LogP contribution in [0.2, 0.25) is 10.6 Å². The van der Waals surface area contributed by atoms with E-state index in [1.165, 1.54) is 23.4 Å². The molecule has 0 N–H and O–H groups in total. The summed E-state index contributed by atoms with van der Waals surface area (Å²) in [6.45, 7) is 13.9. The van der Waals surface area contributed by atoms with E-state index in [4.69, 9.17) is 3.79 Å². The Morgan fingerprint density at radius 1 is 1.06 bits per heavy atom. The zero-order valence-corrected chi connectivity index (χ0v) is 12.8. The number of hydrogen-bond donors (Lipinski definition) is 0. The van der Waals surface area contributed by atoms with Gasteiger partial charge in [-0.3, -0.25) is 0 Å². The fraction of sp³-hybridized carbons (Fsp3) is 0.857. The predicted molar refractivity (Wildman–Crippen MR) is 75.0 cm³/mol. The molecular weight excluding hydrogens is 211 g/mol. The molecule has 0 rings (SSSR count). The van der Waals surface area contributed by atoms with Crippen LogP contribution >= 0.6 is 0 Å². The molecule has 0 saturated heterocycles. The lowest BCUT2D eigenvalue weighted by atomic mass is 10.2. The Morgan fingerprint density at radius 2 is 1.62 bits per heavy atom. The van der Waals surface area contributed by atoms with Crippen molar-refractivity contribution in [3.8, 4) is 0 Å². The van der Waals surface area contributed by atoms with Crippen molar-refractivity contribution in [3.63, 3.8) is 0 Å². The Hall–Kier alpha value is 0.232. The van der Waals surface area contributed by atoms with Crippen molar-refractivity contribution >= 4 is 14.5 Å². The smallest absolute Gasteiger partial charge is 0.461 e. The van der Waals surface area contributed by atoms with Crippen LogP contribution in [0.25, 0.3) is 0 Å². The maximum absolute atomic E-state index is 6.11. The number of rotatable bonds is 10. The van der Waals surface area contributed by atoms with Crippen molar-refractivity contribution in [2.24, 2.45) is 11.8 Å². The van der Waals surface area contributed by atoms with Crippen LogP contribution in [0, 0.1) is 11.8 Å². The lowest BCUT2D eigenvalue weighted by Gasteiger charge is -2.16. The molecule has 0 aliphatic carbocycles. The molecule has 0 aromatic rings. The summed E-state index contributed by atoms with van der Waals surface area (Å²) in [4.78, 5) is 0. The second-order valence-electron chi connectivity index (χ2n) is 5.54. The molecule has 0 unspecified atom stereocenters. The molecule has 94 valence electrons. The van der Waals surface area contributed by atoms with Crippen LogP contribution in [0.5, 0.6) is 0 Å². The highest BCUT2D eigenvalue weighted by molar-refractivity contribution is 6.51. The Balaban J connectivity index is 3.69. The molecule has 0 radical (unpaired) electrons. The van der Waals surface area contributed by atoms with Crippen LogP contribution in [0.15, 0.2) is 12.7 Å². The second-order valence-corrected chi connectivity index (χ2v) is 8.06. The monoisotopic (exact) mass is 240 g/mol. The topological polar surface area (TPSA) is 9.23 Å². The van der Waals surface area contributed by atoms with E-state index in [1.54, 1.807) is 0 Å². The second kappa shape index (κ2) is 10.4. The zero-order chi connectivity index (χ0) is 12.4. The summed E-state index contributed by atoms with van der Waals surface area (Å²) in [7, 11) is 0. The summed E-state index contributed by atoms with van der Waals surface area (Å²) >= 11 is -0.927. The molecule has 0 saturated carbocycles. The molecule has 0 aromatic heterocycles. The Kier molecular flexibility index (Phi) is 10.5. The maximum atomic E-state index is 6.11. The first-order chi connectivity index (χ1) is 7.56. The molecule has 0 atom stereocenters. The molecule has 0 heterocycles. The molecular formula is C14H29AlO. The molecule has 1 nitrogen and oxygen atoms in total. The van der Waals surface area contributed by atoms with Gasteiger partial charge in [-0.2, -0.15) is 0 Å². The van der Waals surface area contributed by atoms with Gasteiger partial charge in [-0.25, -0.2) is 0 Å². The van der Waals surface area contributed by atoms with Crippen molar-refractivity contribution in [2.75, 3.05) is 6.61 Å².